The van der Waals surface area contributed by atoms with Crippen LogP contribution < -0.4 is 9.47 Å². The molecule has 0 aliphatic rings. The third-order valence-corrected chi connectivity index (χ3v) is 6.39. The summed E-state index contributed by atoms with van der Waals surface area (Å²) in [6, 6.07) is 7.19. The van der Waals surface area contributed by atoms with E-state index in [0.29, 0.717) is 0 Å². The molecule has 0 aromatic heterocycles. The molecule has 9 nitrogen and oxygen atoms in total. The Morgan fingerprint density at radius 3 is 1.32 bits per heavy atom. The van der Waals surface area contributed by atoms with Crippen LogP contribution in [0.25, 0.3) is 0 Å². The monoisotopic (exact) mass is 430 g/mol. The minimum Gasteiger partial charge on any atom is -0.496 e. The minimum absolute atomic E-state index is 0.0853. The molecule has 0 unspecified atom stereocenters. The van der Waals surface area contributed by atoms with Gasteiger partial charge in [0, 0.05) is 0 Å². The molecule has 0 saturated heterocycles. The van der Waals surface area contributed by atoms with Crippen molar-refractivity contribution in [3.63, 3.8) is 0 Å². The maximum absolute atomic E-state index is 13.1. The van der Waals surface area contributed by atoms with E-state index in [1.165, 1.54) is 38.5 Å². The van der Waals surface area contributed by atoms with Crippen LogP contribution in [0.1, 0.15) is 15.9 Å². The number of ether oxygens (including phenoxy) is 2. The summed E-state index contributed by atoms with van der Waals surface area (Å²) >= 11 is 0. The molecule has 0 radical (unpaired) electrons. The Balaban J connectivity index is 2.72. The number of hydrogen-bond donors (Lipinski definition) is 0. The Morgan fingerprint density at radius 1 is 0.679 bits per heavy atom. The quantitative estimate of drug-likeness (QED) is 0.454. The summed E-state index contributed by atoms with van der Waals surface area (Å²) in [7, 11) is -3.55. The van der Waals surface area contributed by atoms with Crippen molar-refractivity contribution < 1.29 is 39.5 Å². The number of carbonyl (C=O) groups is 1. The Bertz CT molecular complexity index is 1020. The zero-order valence-electron chi connectivity index (χ0n) is 15.5. The van der Waals surface area contributed by atoms with Gasteiger partial charge < -0.3 is 9.47 Å². The van der Waals surface area contributed by atoms with Gasteiger partial charge in [0.2, 0.25) is 5.78 Å². The lowest BCUT2D eigenvalue weighted by Crippen LogP contribution is -2.11. The second kappa shape index (κ2) is 8.27. The van der Waals surface area contributed by atoms with Crippen molar-refractivity contribution in [1.29, 1.82) is 0 Å². The smallest absolute Gasteiger partial charge is 0.296 e. The van der Waals surface area contributed by atoms with Crippen molar-refractivity contribution in [2.75, 3.05) is 28.4 Å². The Kier molecular flexibility index (Phi) is 6.44. The highest BCUT2D eigenvalue weighted by molar-refractivity contribution is 7.87. The van der Waals surface area contributed by atoms with Gasteiger partial charge in [-0.3, -0.25) is 13.2 Å². The van der Waals surface area contributed by atoms with E-state index >= 15 is 0 Å². The maximum Gasteiger partial charge on any atom is 0.296 e. The highest BCUT2D eigenvalue weighted by Crippen LogP contribution is 2.30. The van der Waals surface area contributed by atoms with Crippen molar-refractivity contribution in [3.05, 3.63) is 47.5 Å². The first-order chi connectivity index (χ1) is 13.1. The molecule has 11 heteroatoms. The van der Waals surface area contributed by atoms with Gasteiger partial charge >= 0.3 is 0 Å². The third-order valence-electron chi connectivity index (χ3n) is 3.85. The topological polar surface area (TPSA) is 122 Å². The van der Waals surface area contributed by atoms with Gasteiger partial charge in [-0.25, -0.2) is 0 Å². The van der Waals surface area contributed by atoms with Gasteiger partial charge in [-0.15, -0.1) is 0 Å². The molecule has 2 aromatic carbocycles. The Morgan fingerprint density at radius 2 is 1.04 bits per heavy atom. The Hall–Kier alpha value is -2.47. The number of hydrogen-bond acceptors (Lipinski definition) is 9. The van der Waals surface area contributed by atoms with Gasteiger partial charge in [-0.05, 0) is 36.4 Å². The fraction of sp³-hybridized carbons (Fsp3) is 0.235. The second-order valence-corrected chi connectivity index (χ2v) is 8.72. The zero-order valence-corrected chi connectivity index (χ0v) is 17.1. The number of methoxy groups -OCH3 is 2. The number of carbonyl (C=O) groups excluding carboxylic acids is 1. The molecule has 0 bridgehead atoms. The second-order valence-electron chi connectivity index (χ2n) is 5.29. The lowest BCUT2D eigenvalue weighted by atomic mass is 10.0. The van der Waals surface area contributed by atoms with Crippen molar-refractivity contribution >= 4 is 26.0 Å². The van der Waals surface area contributed by atoms with Crippen LogP contribution in [0.5, 0.6) is 11.5 Å². The molecular formula is C17H18O9S2. The third kappa shape index (κ3) is 4.17. The SMILES string of the molecule is COc1ccc(S(=O)(=O)OC)cc1C(=O)c1cc(S(=O)(=O)OC)ccc1OC. The van der Waals surface area contributed by atoms with Crippen LogP contribution in [0.3, 0.4) is 0 Å². The molecule has 0 spiro atoms. The van der Waals surface area contributed by atoms with E-state index in [9.17, 15) is 21.6 Å². The molecule has 0 aliphatic carbocycles. The van der Waals surface area contributed by atoms with E-state index in [-0.39, 0.29) is 32.4 Å². The summed E-state index contributed by atoms with van der Waals surface area (Å²) in [5.74, 6) is -0.542. The highest BCUT2D eigenvalue weighted by Gasteiger charge is 2.25. The molecule has 152 valence electrons. The zero-order chi connectivity index (χ0) is 21.1. The van der Waals surface area contributed by atoms with Crippen LogP contribution in [0.4, 0.5) is 0 Å². The molecule has 0 fully saturated rings. The van der Waals surface area contributed by atoms with Gasteiger partial charge in [0.05, 0.1) is 49.4 Å². The maximum atomic E-state index is 13.1. The molecule has 2 aromatic rings. The average molecular weight is 430 g/mol. The highest BCUT2D eigenvalue weighted by atomic mass is 32.2. The van der Waals surface area contributed by atoms with Gasteiger partial charge in [0.1, 0.15) is 11.5 Å². The van der Waals surface area contributed by atoms with Crippen molar-refractivity contribution in [2.45, 2.75) is 9.79 Å². The first kappa shape index (κ1) is 21.8. The largest absolute Gasteiger partial charge is 0.496 e. The van der Waals surface area contributed by atoms with Crippen molar-refractivity contribution in [2.24, 2.45) is 0 Å². The average Bonchev–Trinajstić information content (AvgIpc) is 2.72. The van der Waals surface area contributed by atoms with E-state index < -0.39 is 26.0 Å². The van der Waals surface area contributed by atoms with Crippen molar-refractivity contribution in [1.82, 2.24) is 0 Å². The summed E-state index contributed by atoms with van der Waals surface area (Å²) in [6.45, 7) is 0. The first-order valence-corrected chi connectivity index (χ1v) is 10.4. The van der Waals surface area contributed by atoms with Crippen LogP contribution in [-0.4, -0.2) is 51.1 Å². The normalized spacial score (nSPS) is 11.9. The lowest BCUT2D eigenvalue weighted by Gasteiger charge is -2.13. The van der Waals surface area contributed by atoms with E-state index in [0.717, 1.165) is 26.4 Å². The van der Waals surface area contributed by atoms with Crippen molar-refractivity contribution in [3.8, 4) is 11.5 Å². The molecule has 0 heterocycles. The summed E-state index contributed by atoms with van der Waals surface area (Å²) in [6.07, 6.45) is 0. The minimum atomic E-state index is -4.07. The van der Waals surface area contributed by atoms with Crippen LogP contribution >= 0.6 is 0 Å². The lowest BCUT2D eigenvalue weighted by molar-refractivity contribution is 0.103. The van der Waals surface area contributed by atoms with Gasteiger partial charge in [-0.1, -0.05) is 0 Å². The molecule has 0 amide bonds. The number of ketones is 1. The molecule has 0 N–H and O–H groups in total. The molecule has 2 rings (SSSR count). The fourth-order valence-corrected chi connectivity index (χ4v) is 3.76. The van der Waals surface area contributed by atoms with E-state index in [1.54, 1.807) is 0 Å². The van der Waals surface area contributed by atoms with Gasteiger partial charge in [0.15, 0.2) is 0 Å². The summed E-state index contributed by atoms with van der Waals surface area (Å²) in [4.78, 5) is 12.6. The molecule has 0 saturated carbocycles. The number of rotatable bonds is 8. The van der Waals surface area contributed by atoms with E-state index in [1.807, 2.05) is 0 Å². The molecule has 28 heavy (non-hydrogen) atoms. The summed E-state index contributed by atoms with van der Waals surface area (Å²) in [5.41, 5.74) is -0.239. The summed E-state index contributed by atoms with van der Waals surface area (Å²) < 4.78 is 67.1. The van der Waals surface area contributed by atoms with Crippen LogP contribution in [0, 0.1) is 0 Å². The standard InChI is InChI=1S/C17H18O9S2/c1-23-15-7-5-11(27(19,20)25-3)9-13(15)17(18)14-10-12(28(21,22)26-4)6-8-16(14)24-2/h5-10H,1-4H3. The predicted molar refractivity (Wildman–Crippen MR) is 97.8 cm³/mol. The van der Waals surface area contributed by atoms with Crippen LogP contribution in [0.2, 0.25) is 0 Å². The van der Waals surface area contributed by atoms with Gasteiger partial charge in [-0.2, -0.15) is 16.8 Å². The van der Waals surface area contributed by atoms with E-state index in [2.05, 4.69) is 8.37 Å². The molecular weight excluding hydrogens is 412 g/mol. The van der Waals surface area contributed by atoms with E-state index in [4.69, 9.17) is 9.47 Å². The van der Waals surface area contributed by atoms with Crippen LogP contribution in [-0.2, 0) is 28.6 Å². The van der Waals surface area contributed by atoms with Gasteiger partial charge in [0.25, 0.3) is 20.2 Å². The molecule has 0 aliphatic heterocycles. The fourth-order valence-electron chi connectivity index (χ4n) is 2.38. The van der Waals surface area contributed by atoms with Crippen LogP contribution in [0.15, 0.2) is 46.2 Å². The first-order valence-electron chi connectivity index (χ1n) is 7.63. The molecule has 0 atom stereocenters. The summed E-state index contributed by atoms with van der Waals surface area (Å²) in [5, 5.41) is 0. The predicted octanol–water partition coefficient (Wildman–Crippen LogP) is 1.60. The number of benzene rings is 2. The Labute approximate surface area is 163 Å².